The lowest BCUT2D eigenvalue weighted by Gasteiger charge is -2.26. The molecule has 4 atom stereocenters. The van der Waals surface area contributed by atoms with Crippen molar-refractivity contribution in [2.75, 3.05) is 0 Å². The topological polar surface area (TPSA) is 29.5 Å². The molecule has 0 aromatic heterocycles. The highest BCUT2D eigenvalue weighted by atomic mass is 16.5. The number of aliphatic hydroxyl groups excluding tert-OH is 1. The summed E-state index contributed by atoms with van der Waals surface area (Å²) >= 11 is 0. The molecule has 2 aliphatic rings. The van der Waals surface area contributed by atoms with E-state index < -0.39 is 0 Å². The Labute approximate surface area is 99.4 Å². The minimum Gasteiger partial charge on any atom is -0.390 e. The summed E-state index contributed by atoms with van der Waals surface area (Å²) in [7, 11) is 0. The number of hydrogen-bond donors (Lipinski definition) is 1. The maximum absolute atomic E-state index is 10.1. The average Bonchev–Trinajstić information content (AvgIpc) is 2.50. The molecule has 0 aromatic rings. The minimum absolute atomic E-state index is 0.0320. The van der Waals surface area contributed by atoms with Crippen LogP contribution in [-0.4, -0.2) is 22.9 Å². The Hall–Kier alpha value is -0.0800. The van der Waals surface area contributed by atoms with E-state index in [-0.39, 0.29) is 17.8 Å². The van der Waals surface area contributed by atoms with Crippen molar-refractivity contribution in [3.05, 3.63) is 0 Å². The van der Waals surface area contributed by atoms with Gasteiger partial charge in [-0.1, -0.05) is 26.2 Å². The molecule has 0 amide bonds. The summed E-state index contributed by atoms with van der Waals surface area (Å²) in [5.41, 5.74) is -0.0320. The van der Waals surface area contributed by atoms with Crippen molar-refractivity contribution in [3.63, 3.8) is 0 Å². The molecule has 2 nitrogen and oxygen atoms in total. The Morgan fingerprint density at radius 3 is 2.62 bits per heavy atom. The van der Waals surface area contributed by atoms with Crippen LogP contribution >= 0.6 is 0 Å². The lowest BCUT2D eigenvalue weighted by atomic mass is 9.81. The fourth-order valence-electron chi connectivity index (χ4n) is 3.29. The normalized spacial score (nSPS) is 44.2. The van der Waals surface area contributed by atoms with Crippen LogP contribution in [0.25, 0.3) is 0 Å². The quantitative estimate of drug-likeness (QED) is 0.687. The Kier molecular flexibility index (Phi) is 3.60. The summed E-state index contributed by atoms with van der Waals surface area (Å²) in [6.07, 6.45) is 6.81. The molecule has 0 aromatic carbocycles. The van der Waals surface area contributed by atoms with E-state index in [0.717, 1.165) is 25.2 Å². The number of hydrogen-bond acceptors (Lipinski definition) is 2. The van der Waals surface area contributed by atoms with Crippen LogP contribution in [0.4, 0.5) is 0 Å². The zero-order valence-electron chi connectivity index (χ0n) is 10.9. The number of aliphatic hydroxyl groups is 1. The molecule has 2 rings (SSSR count). The highest BCUT2D eigenvalue weighted by Gasteiger charge is 2.43. The van der Waals surface area contributed by atoms with Gasteiger partial charge in [-0.3, -0.25) is 0 Å². The smallest absolute Gasteiger partial charge is 0.0845 e. The van der Waals surface area contributed by atoms with Gasteiger partial charge >= 0.3 is 0 Å². The number of fused-ring (bicyclic) bond motifs is 2. The van der Waals surface area contributed by atoms with Crippen molar-refractivity contribution >= 4 is 0 Å². The fourth-order valence-corrected chi connectivity index (χ4v) is 3.29. The molecule has 1 aliphatic carbocycles. The molecular formula is C14H26O2. The summed E-state index contributed by atoms with van der Waals surface area (Å²) in [6.45, 7) is 6.72. The fraction of sp³-hybridized carbons (Fsp3) is 1.00. The van der Waals surface area contributed by atoms with Crippen LogP contribution in [0, 0.1) is 11.8 Å². The first kappa shape index (κ1) is 12.4. The van der Waals surface area contributed by atoms with E-state index in [0.29, 0.717) is 5.92 Å². The van der Waals surface area contributed by atoms with Crippen LogP contribution in [0.2, 0.25) is 0 Å². The van der Waals surface area contributed by atoms with E-state index in [4.69, 9.17) is 4.74 Å². The predicted molar refractivity (Wildman–Crippen MR) is 65.3 cm³/mol. The zero-order chi connectivity index (χ0) is 11.8. The van der Waals surface area contributed by atoms with Crippen LogP contribution in [0.5, 0.6) is 0 Å². The first-order valence-corrected chi connectivity index (χ1v) is 6.85. The Morgan fingerprint density at radius 1 is 1.12 bits per heavy atom. The summed E-state index contributed by atoms with van der Waals surface area (Å²) in [6, 6.07) is 0. The van der Waals surface area contributed by atoms with Gasteiger partial charge in [0.2, 0.25) is 0 Å². The van der Waals surface area contributed by atoms with E-state index >= 15 is 0 Å². The third-order valence-electron chi connectivity index (χ3n) is 4.59. The Bertz CT molecular complexity index is 237. The standard InChI is InChI=1S/C14H26O2/c1-10-5-4-6-12(15)13-9-11(8-7-10)14(2,3)16-13/h10-13,15H,4-9H2,1-3H3/t10?,11?,12-,13?/m0/s1. The van der Waals surface area contributed by atoms with Gasteiger partial charge in [0.15, 0.2) is 0 Å². The summed E-state index contributed by atoms with van der Waals surface area (Å²) in [4.78, 5) is 0. The number of ether oxygens (including phenoxy) is 1. The second-order valence-corrected chi connectivity index (χ2v) is 6.37. The summed E-state index contributed by atoms with van der Waals surface area (Å²) in [5, 5.41) is 10.1. The van der Waals surface area contributed by atoms with Crippen molar-refractivity contribution in [2.24, 2.45) is 11.8 Å². The molecule has 1 saturated heterocycles. The molecule has 1 saturated carbocycles. The van der Waals surface area contributed by atoms with Gasteiger partial charge in [0, 0.05) is 0 Å². The van der Waals surface area contributed by atoms with E-state index in [1.807, 2.05) is 0 Å². The van der Waals surface area contributed by atoms with Gasteiger partial charge in [0.25, 0.3) is 0 Å². The van der Waals surface area contributed by atoms with Crippen molar-refractivity contribution in [2.45, 2.75) is 77.1 Å². The Morgan fingerprint density at radius 2 is 1.88 bits per heavy atom. The Balaban J connectivity index is 2.07. The average molecular weight is 226 g/mol. The molecule has 2 fully saturated rings. The predicted octanol–water partition coefficient (Wildman–Crippen LogP) is 3.13. The second-order valence-electron chi connectivity index (χ2n) is 6.37. The molecule has 1 aliphatic heterocycles. The van der Waals surface area contributed by atoms with Crippen LogP contribution in [0.3, 0.4) is 0 Å². The van der Waals surface area contributed by atoms with E-state index in [9.17, 15) is 5.11 Å². The van der Waals surface area contributed by atoms with Crippen molar-refractivity contribution in [3.8, 4) is 0 Å². The third kappa shape index (κ3) is 2.60. The van der Waals surface area contributed by atoms with Crippen molar-refractivity contribution < 1.29 is 9.84 Å². The van der Waals surface area contributed by atoms with Gasteiger partial charge in [0.1, 0.15) is 0 Å². The van der Waals surface area contributed by atoms with Gasteiger partial charge in [-0.15, -0.1) is 0 Å². The first-order chi connectivity index (χ1) is 7.49. The number of rotatable bonds is 0. The molecule has 16 heavy (non-hydrogen) atoms. The van der Waals surface area contributed by atoms with E-state index in [2.05, 4.69) is 20.8 Å². The lowest BCUT2D eigenvalue weighted by molar-refractivity contribution is -0.0806. The molecule has 0 radical (unpaired) electrons. The van der Waals surface area contributed by atoms with Gasteiger partial charge in [0.05, 0.1) is 17.8 Å². The van der Waals surface area contributed by atoms with Crippen molar-refractivity contribution in [1.29, 1.82) is 0 Å². The van der Waals surface area contributed by atoms with Crippen LogP contribution in [0.1, 0.15) is 59.3 Å². The molecule has 94 valence electrons. The van der Waals surface area contributed by atoms with Crippen LogP contribution in [0.15, 0.2) is 0 Å². The third-order valence-corrected chi connectivity index (χ3v) is 4.59. The largest absolute Gasteiger partial charge is 0.390 e. The van der Waals surface area contributed by atoms with Crippen LogP contribution < -0.4 is 0 Å². The van der Waals surface area contributed by atoms with Gasteiger partial charge in [-0.05, 0) is 44.9 Å². The maximum Gasteiger partial charge on any atom is 0.0845 e. The second kappa shape index (κ2) is 4.66. The van der Waals surface area contributed by atoms with Gasteiger partial charge in [-0.25, -0.2) is 0 Å². The first-order valence-electron chi connectivity index (χ1n) is 6.85. The molecule has 1 heterocycles. The van der Waals surface area contributed by atoms with E-state index in [1.54, 1.807) is 0 Å². The summed E-state index contributed by atoms with van der Waals surface area (Å²) in [5.74, 6) is 1.44. The molecule has 3 unspecified atom stereocenters. The minimum atomic E-state index is -0.241. The SMILES string of the molecule is CC1CCC[C@H](O)C2CC(CC1)C(C)(C)O2. The zero-order valence-corrected chi connectivity index (χ0v) is 10.9. The molecule has 2 bridgehead atoms. The highest BCUT2D eigenvalue weighted by Crippen LogP contribution is 2.41. The van der Waals surface area contributed by atoms with E-state index in [1.165, 1.54) is 19.3 Å². The summed E-state index contributed by atoms with van der Waals surface area (Å²) < 4.78 is 6.04. The molecule has 0 spiro atoms. The van der Waals surface area contributed by atoms with Crippen molar-refractivity contribution in [1.82, 2.24) is 0 Å². The van der Waals surface area contributed by atoms with Crippen LogP contribution in [-0.2, 0) is 4.74 Å². The van der Waals surface area contributed by atoms with Gasteiger partial charge < -0.3 is 9.84 Å². The van der Waals surface area contributed by atoms with Gasteiger partial charge in [-0.2, -0.15) is 0 Å². The molecule has 1 N–H and O–H groups in total. The highest BCUT2D eigenvalue weighted by molar-refractivity contribution is 4.92. The lowest BCUT2D eigenvalue weighted by Crippen LogP contribution is -2.30. The monoisotopic (exact) mass is 226 g/mol. The maximum atomic E-state index is 10.1. The molecular weight excluding hydrogens is 200 g/mol. The molecule has 2 heteroatoms.